The van der Waals surface area contributed by atoms with Gasteiger partial charge in [-0.1, -0.05) is 36.8 Å². The summed E-state index contributed by atoms with van der Waals surface area (Å²) in [5.41, 5.74) is 2.50. The summed E-state index contributed by atoms with van der Waals surface area (Å²) in [4.78, 5) is 0. The fraction of sp³-hybridized carbons (Fsp3) is 0.538. The quantitative estimate of drug-likeness (QED) is 0.749. The molecule has 0 saturated carbocycles. The summed E-state index contributed by atoms with van der Waals surface area (Å²) in [6.45, 7) is 4.25. The Hall–Kier alpha value is -0.470. The Bertz CT molecular complexity index is 268. The maximum atomic E-state index is 9.78. The Labute approximate surface area is 96.9 Å². The van der Waals surface area contributed by atoms with Gasteiger partial charge in [0, 0.05) is 5.75 Å². The maximum absolute atomic E-state index is 9.78. The van der Waals surface area contributed by atoms with E-state index >= 15 is 0 Å². The summed E-state index contributed by atoms with van der Waals surface area (Å²) in [5, 5.41) is 9.78. The monoisotopic (exact) mass is 224 g/mol. The summed E-state index contributed by atoms with van der Waals surface area (Å²) < 4.78 is 0. The molecule has 0 bridgehead atoms. The molecule has 0 aliphatic heterocycles. The first-order valence-corrected chi connectivity index (χ1v) is 6.69. The molecule has 0 radical (unpaired) electrons. The van der Waals surface area contributed by atoms with E-state index in [1.807, 2.05) is 11.8 Å². The Morgan fingerprint density at radius 2 is 1.93 bits per heavy atom. The topological polar surface area (TPSA) is 20.2 Å². The largest absolute Gasteiger partial charge is 0.392 e. The van der Waals surface area contributed by atoms with Gasteiger partial charge in [0.2, 0.25) is 0 Å². The fourth-order valence-electron chi connectivity index (χ4n) is 1.42. The number of rotatable bonds is 6. The molecule has 1 atom stereocenters. The van der Waals surface area contributed by atoms with Crippen LogP contribution in [0.2, 0.25) is 0 Å². The second-order valence-corrected chi connectivity index (χ2v) is 5.07. The van der Waals surface area contributed by atoms with Crippen molar-refractivity contribution in [2.45, 2.75) is 32.8 Å². The number of hydrogen-bond donors (Lipinski definition) is 1. The standard InChI is InChI=1S/C13H20OS/c1-3-8-15-10-13(14)9-12-6-4-11(2)5-7-12/h4-7,13-14H,3,8-10H2,1-2H3. The molecule has 84 valence electrons. The normalized spacial score (nSPS) is 12.7. The molecule has 2 heteroatoms. The Morgan fingerprint density at radius 3 is 2.53 bits per heavy atom. The lowest BCUT2D eigenvalue weighted by Gasteiger charge is -2.10. The van der Waals surface area contributed by atoms with E-state index < -0.39 is 0 Å². The molecule has 1 aromatic carbocycles. The highest BCUT2D eigenvalue weighted by molar-refractivity contribution is 7.99. The molecule has 0 spiro atoms. The lowest BCUT2D eigenvalue weighted by molar-refractivity contribution is 0.200. The Morgan fingerprint density at radius 1 is 1.27 bits per heavy atom. The van der Waals surface area contributed by atoms with Gasteiger partial charge in [-0.2, -0.15) is 11.8 Å². The molecular formula is C13H20OS. The van der Waals surface area contributed by atoms with Gasteiger partial charge in [-0.3, -0.25) is 0 Å². The molecule has 0 aliphatic rings. The van der Waals surface area contributed by atoms with Gasteiger partial charge in [-0.25, -0.2) is 0 Å². The van der Waals surface area contributed by atoms with Crippen molar-refractivity contribution in [3.05, 3.63) is 35.4 Å². The first-order chi connectivity index (χ1) is 7.22. The third kappa shape index (κ3) is 5.24. The van der Waals surface area contributed by atoms with Crippen molar-refractivity contribution in [2.75, 3.05) is 11.5 Å². The second kappa shape index (κ2) is 6.91. The van der Waals surface area contributed by atoms with Crippen LogP contribution < -0.4 is 0 Å². The average Bonchev–Trinajstić information content (AvgIpc) is 2.22. The van der Waals surface area contributed by atoms with Gasteiger partial charge in [-0.15, -0.1) is 0 Å². The fourth-order valence-corrected chi connectivity index (χ4v) is 2.26. The van der Waals surface area contributed by atoms with Gasteiger partial charge < -0.3 is 5.11 Å². The van der Waals surface area contributed by atoms with E-state index in [1.165, 1.54) is 17.5 Å². The highest BCUT2D eigenvalue weighted by Gasteiger charge is 2.04. The van der Waals surface area contributed by atoms with E-state index in [1.54, 1.807) is 0 Å². The van der Waals surface area contributed by atoms with Crippen molar-refractivity contribution in [1.82, 2.24) is 0 Å². The molecule has 1 aromatic rings. The minimum Gasteiger partial charge on any atom is -0.392 e. The highest BCUT2D eigenvalue weighted by Crippen LogP contribution is 2.10. The van der Waals surface area contributed by atoms with E-state index in [2.05, 4.69) is 38.1 Å². The number of aliphatic hydroxyl groups is 1. The van der Waals surface area contributed by atoms with E-state index in [0.29, 0.717) is 0 Å². The molecule has 1 rings (SSSR count). The zero-order chi connectivity index (χ0) is 11.1. The van der Waals surface area contributed by atoms with Crippen molar-refractivity contribution < 1.29 is 5.11 Å². The molecule has 1 nitrogen and oxygen atoms in total. The SMILES string of the molecule is CCCSCC(O)Cc1ccc(C)cc1. The van der Waals surface area contributed by atoms with Crippen LogP contribution in [-0.4, -0.2) is 22.7 Å². The van der Waals surface area contributed by atoms with Gasteiger partial charge in [0.15, 0.2) is 0 Å². The lowest BCUT2D eigenvalue weighted by atomic mass is 10.1. The van der Waals surface area contributed by atoms with Crippen LogP contribution in [-0.2, 0) is 6.42 Å². The van der Waals surface area contributed by atoms with Crippen LogP contribution >= 0.6 is 11.8 Å². The van der Waals surface area contributed by atoms with Gasteiger partial charge in [0.05, 0.1) is 6.10 Å². The smallest absolute Gasteiger partial charge is 0.0670 e. The molecule has 0 heterocycles. The van der Waals surface area contributed by atoms with Crippen LogP contribution in [0.15, 0.2) is 24.3 Å². The third-order valence-corrected chi connectivity index (χ3v) is 3.57. The molecule has 1 N–H and O–H groups in total. The summed E-state index contributed by atoms with van der Waals surface area (Å²) in [6.07, 6.45) is 1.75. The first-order valence-electron chi connectivity index (χ1n) is 5.53. The number of aryl methyl sites for hydroxylation is 1. The van der Waals surface area contributed by atoms with Crippen LogP contribution in [0.5, 0.6) is 0 Å². The highest BCUT2D eigenvalue weighted by atomic mass is 32.2. The minimum atomic E-state index is -0.204. The van der Waals surface area contributed by atoms with Crippen LogP contribution in [0.1, 0.15) is 24.5 Å². The molecule has 0 aliphatic carbocycles. The van der Waals surface area contributed by atoms with E-state index in [4.69, 9.17) is 0 Å². The van der Waals surface area contributed by atoms with Gasteiger partial charge in [-0.05, 0) is 31.1 Å². The summed E-state index contributed by atoms with van der Waals surface area (Å²) in [7, 11) is 0. The summed E-state index contributed by atoms with van der Waals surface area (Å²) >= 11 is 1.83. The average molecular weight is 224 g/mol. The zero-order valence-electron chi connectivity index (χ0n) is 9.57. The molecule has 15 heavy (non-hydrogen) atoms. The second-order valence-electron chi connectivity index (χ2n) is 3.92. The Balaban J connectivity index is 2.31. The van der Waals surface area contributed by atoms with E-state index in [0.717, 1.165) is 17.9 Å². The summed E-state index contributed by atoms with van der Waals surface area (Å²) in [6, 6.07) is 8.40. The van der Waals surface area contributed by atoms with Crippen molar-refractivity contribution in [3.8, 4) is 0 Å². The number of thioether (sulfide) groups is 1. The van der Waals surface area contributed by atoms with Crippen molar-refractivity contribution in [1.29, 1.82) is 0 Å². The summed E-state index contributed by atoms with van der Waals surface area (Å²) in [5.74, 6) is 1.99. The number of aliphatic hydroxyl groups excluding tert-OH is 1. The van der Waals surface area contributed by atoms with Crippen molar-refractivity contribution in [3.63, 3.8) is 0 Å². The van der Waals surface area contributed by atoms with Crippen LogP contribution in [0.3, 0.4) is 0 Å². The zero-order valence-corrected chi connectivity index (χ0v) is 10.4. The lowest BCUT2D eigenvalue weighted by Crippen LogP contribution is -2.13. The molecule has 0 saturated heterocycles. The molecule has 0 amide bonds. The predicted octanol–water partition coefficient (Wildman–Crippen LogP) is 3.04. The third-order valence-electron chi connectivity index (χ3n) is 2.25. The van der Waals surface area contributed by atoms with Gasteiger partial charge >= 0.3 is 0 Å². The van der Waals surface area contributed by atoms with Crippen LogP contribution in [0.4, 0.5) is 0 Å². The van der Waals surface area contributed by atoms with Crippen molar-refractivity contribution >= 4 is 11.8 Å². The van der Waals surface area contributed by atoms with Crippen LogP contribution in [0, 0.1) is 6.92 Å². The van der Waals surface area contributed by atoms with Gasteiger partial charge in [0.1, 0.15) is 0 Å². The van der Waals surface area contributed by atoms with Gasteiger partial charge in [0.25, 0.3) is 0 Å². The van der Waals surface area contributed by atoms with Crippen LogP contribution in [0.25, 0.3) is 0 Å². The molecule has 0 aromatic heterocycles. The molecule has 0 fully saturated rings. The number of hydrogen-bond acceptors (Lipinski definition) is 2. The van der Waals surface area contributed by atoms with E-state index in [-0.39, 0.29) is 6.10 Å². The minimum absolute atomic E-state index is 0.204. The van der Waals surface area contributed by atoms with E-state index in [9.17, 15) is 5.11 Å². The molecule has 1 unspecified atom stereocenters. The maximum Gasteiger partial charge on any atom is 0.0670 e. The number of benzene rings is 1. The first kappa shape index (κ1) is 12.6. The molecular weight excluding hydrogens is 204 g/mol. The predicted molar refractivity (Wildman–Crippen MR) is 68.5 cm³/mol. The Kier molecular flexibility index (Phi) is 5.81. The van der Waals surface area contributed by atoms with Crippen molar-refractivity contribution in [2.24, 2.45) is 0 Å².